The third-order valence-electron chi connectivity index (χ3n) is 3.55. The highest BCUT2D eigenvalue weighted by atomic mass is 19.1. The Hall–Kier alpha value is -2.41. The van der Waals surface area contributed by atoms with Crippen LogP contribution in [0, 0.1) is 12.7 Å². The lowest BCUT2D eigenvalue weighted by molar-refractivity contribution is 0.619. The van der Waals surface area contributed by atoms with Crippen molar-refractivity contribution in [2.24, 2.45) is 0 Å². The summed E-state index contributed by atoms with van der Waals surface area (Å²) in [5.41, 5.74) is 4.88. The summed E-state index contributed by atoms with van der Waals surface area (Å²) in [6.45, 7) is 1.84. The van der Waals surface area contributed by atoms with Gasteiger partial charge in [0.2, 0.25) is 0 Å². The van der Waals surface area contributed by atoms with E-state index in [9.17, 15) is 4.39 Å². The summed E-state index contributed by atoms with van der Waals surface area (Å²) >= 11 is 0. The smallest absolute Gasteiger partial charge is 0.126 e. The summed E-state index contributed by atoms with van der Waals surface area (Å²) in [6, 6.07) is 23.5. The Labute approximate surface area is 118 Å². The molecule has 0 aliphatic heterocycles. The Kier molecular flexibility index (Phi) is 3.34. The van der Waals surface area contributed by atoms with E-state index in [2.05, 4.69) is 12.1 Å². The van der Waals surface area contributed by atoms with Crippen molar-refractivity contribution in [3.05, 3.63) is 84.2 Å². The van der Waals surface area contributed by atoms with E-state index in [0.29, 0.717) is 5.56 Å². The molecule has 0 fully saturated rings. The van der Waals surface area contributed by atoms with E-state index in [-0.39, 0.29) is 5.82 Å². The zero-order chi connectivity index (χ0) is 13.9. The third-order valence-corrected chi connectivity index (χ3v) is 3.55. The van der Waals surface area contributed by atoms with Crippen molar-refractivity contribution in [3.8, 4) is 22.3 Å². The molecule has 3 rings (SSSR count). The number of hydrogen-bond donors (Lipinski definition) is 0. The van der Waals surface area contributed by atoms with E-state index >= 15 is 0 Å². The van der Waals surface area contributed by atoms with Gasteiger partial charge in [-0.25, -0.2) is 4.39 Å². The van der Waals surface area contributed by atoms with Gasteiger partial charge in [-0.05, 0) is 40.8 Å². The first-order valence-electron chi connectivity index (χ1n) is 6.67. The van der Waals surface area contributed by atoms with Crippen LogP contribution in [0.15, 0.2) is 72.8 Å². The molecule has 0 aromatic heterocycles. The lowest BCUT2D eigenvalue weighted by Crippen LogP contribution is -1.92. The van der Waals surface area contributed by atoms with E-state index in [0.717, 1.165) is 22.3 Å². The Bertz CT molecular complexity index is 716. The van der Waals surface area contributed by atoms with E-state index < -0.39 is 0 Å². The highest BCUT2D eigenvalue weighted by Gasteiger charge is 2.13. The van der Waals surface area contributed by atoms with Crippen molar-refractivity contribution >= 4 is 0 Å². The topological polar surface area (TPSA) is 0 Å². The quantitative estimate of drug-likeness (QED) is 0.574. The predicted molar refractivity (Wildman–Crippen MR) is 82.0 cm³/mol. The minimum absolute atomic E-state index is 0.163. The first-order chi connectivity index (χ1) is 9.77. The van der Waals surface area contributed by atoms with Crippen LogP contribution in [-0.2, 0) is 0 Å². The van der Waals surface area contributed by atoms with Crippen molar-refractivity contribution in [1.82, 2.24) is 0 Å². The molecule has 1 heteroatoms. The van der Waals surface area contributed by atoms with Crippen LogP contribution in [0.25, 0.3) is 22.3 Å². The van der Waals surface area contributed by atoms with Crippen molar-refractivity contribution in [2.75, 3.05) is 0 Å². The maximum absolute atomic E-state index is 14.0. The maximum atomic E-state index is 14.0. The molecular weight excluding hydrogens is 247 g/mol. The fourth-order valence-corrected chi connectivity index (χ4v) is 2.52. The number of hydrogen-bond acceptors (Lipinski definition) is 0. The zero-order valence-corrected chi connectivity index (χ0v) is 11.3. The van der Waals surface area contributed by atoms with Crippen LogP contribution in [0.3, 0.4) is 0 Å². The molecule has 0 atom stereocenters. The molecule has 0 bridgehead atoms. The SMILES string of the molecule is Cc1c(F)ccc(-c2ccccc2)c1-c1ccccc1. The van der Waals surface area contributed by atoms with E-state index in [4.69, 9.17) is 0 Å². The van der Waals surface area contributed by atoms with Crippen molar-refractivity contribution in [3.63, 3.8) is 0 Å². The molecule has 0 spiro atoms. The van der Waals surface area contributed by atoms with Crippen LogP contribution < -0.4 is 0 Å². The summed E-state index contributed by atoms with van der Waals surface area (Å²) in [6.07, 6.45) is 0. The third kappa shape index (κ3) is 2.23. The summed E-state index contributed by atoms with van der Waals surface area (Å²) in [5, 5.41) is 0. The maximum Gasteiger partial charge on any atom is 0.126 e. The lowest BCUT2D eigenvalue weighted by atomic mass is 9.91. The van der Waals surface area contributed by atoms with Crippen LogP contribution in [0.4, 0.5) is 4.39 Å². The molecule has 0 saturated heterocycles. The highest BCUT2D eigenvalue weighted by Crippen LogP contribution is 2.35. The molecular formula is C19H15F. The summed E-state index contributed by atoms with van der Waals surface area (Å²) in [7, 11) is 0. The number of halogens is 1. The van der Waals surface area contributed by atoms with Gasteiger partial charge >= 0.3 is 0 Å². The van der Waals surface area contributed by atoms with E-state index in [1.54, 1.807) is 6.07 Å². The summed E-state index contributed by atoms with van der Waals surface area (Å²) < 4.78 is 14.0. The second-order valence-corrected chi connectivity index (χ2v) is 4.83. The Balaban J connectivity index is 2.29. The molecule has 0 aliphatic carbocycles. The van der Waals surface area contributed by atoms with Gasteiger partial charge in [0.25, 0.3) is 0 Å². The molecule has 3 aromatic carbocycles. The minimum atomic E-state index is -0.163. The Morgan fingerprint density at radius 1 is 0.650 bits per heavy atom. The molecule has 0 radical (unpaired) electrons. The Morgan fingerprint density at radius 2 is 1.20 bits per heavy atom. The molecule has 0 aliphatic rings. The zero-order valence-electron chi connectivity index (χ0n) is 11.3. The molecule has 0 N–H and O–H groups in total. The van der Waals surface area contributed by atoms with Crippen LogP contribution >= 0.6 is 0 Å². The predicted octanol–water partition coefficient (Wildman–Crippen LogP) is 5.47. The minimum Gasteiger partial charge on any atom is -0.207 e. The van der Waals surface area contributed by atoms with Gasteiger partial charge in [-0.2, -0.15) is 0 Å². The molecule has 98 valence electrons. The van der Waals surface area contributed by atoms with Gasteiger partial charge in [-0.15, -0.1) is 0 Å². The molecule has 0 amide bonds. The van der Waals surface area contributed by atoms with Crippen LogP contribution in [-0.4, -0.2) is 0 Å². The lowest BCUT2D eigenvalue weighted by Gasteiger charge is -2.14. The summed E-state index contributed by atoms with van der Waals surface area (Å²) in [5.74, 6) is -0.163. The van der Waals surface area contributed by atoms with Gasteiger partial charge in [0.15, 0.2) is 0 Å². The van der Waals surface area contributed by atoms with E-state index in [1.807, 2.05) is 61.5 Å². The molecule has 3 aromatic rings. The molecule has 0 saturated carbocycles. The molecule has 0 unspecified atom stereocenters. The fourth-order valence-electron chi connectivity index (χ4n) is 2.52. The first-order valence-corrected chi connectivity index (χ1v) is 6.67. The van der Waals surface area contributed by atoms with Crippen molar-refractivity contribution < 1.29 is 4.39 Å². The van der Waals surface area contributed by atoms with Crippen LogP contribution in [0.2, 0.25) is 0 Å². The Morgan fingerprint density at radius 3 is 1.80 bits per heavy atom. The largest absolute Gasteiger partial charge is 0.207 e. The first kappa shape index (κ1) is 12.6. The van der Waals surface area contributed by atoms with E-state index in [1.165, 1.54) is 0 Å². The van der Waals surface area contributed by atoms with Gasteiger partial charge in [0.05, 0.1) is 0 Å². The van der Waals surface area contributed by atoms with Crippen molar-refractivity contribution in [1.29, 1.82) is 0 Å². The van der Waals surface area contributed by atoms with Gasteiger partial charge < -0.3 is 0 Å². The molecule has 20 heavy (non-hydrogen) atoms. The molecule has 0 nitrogen and oxygen atoms in total. The highest BCUT2D eigenvalue weighted by molar-refractivity contribution is 5.85. The van der Waals surface area contributed by atoms with Gasteiger partial charge in [-0.3, -0.25) is 0 Å². The second kappa shape index (κ2) is 5.30. The number of benzene rings is 3. The normalized spacial score (nSPS) is 10.5. The van der Waals surface area contributed by atoms with Crippen molar-refractivity contribution in [2.45, 2.75) is 6.92 Å². The number of rotatable bonds is 2. The van der Waals surface area contributed by atoms with Crippen LogP contribution in [0.1, 0.15) is 5.56 Å². The van der Waals surface area contributed by atoms with Gasteiger partial charge in [0, 0.05) is 0 Å². The summed E-state index contributed by atoms with van der Waals surface area (Å²) in [4.78, 5) is 0. The fraction of sp³-hybridized carbons (Fsp3) is 0.0526. The monoisotopic (exact) mass is 262 g/mol. The molecule has 0 heterocycles. The van der Waals surface area contributed by atoms with Crippen LogP contribution in [0.5, 0.6) is 0 Å². The van der Waals surface area contributed by atoms with Gasteiger partial charge in [-0.1, -0.05) is 66.7 Å². The average Bonchev–Trinajstić information content (AvgIpc) is 2.51. The standard InChI is InChI=1S/C19H15F/c1-14-18(20)13-12-17(15-8-4-2-5-9-15)19(14)16-10-6-3-7-11-16/h2-13H,1H3. The second-order valence-electron chi connectivity index (χ2n) is 4.83. The average molecular weight is 262 g/mol. The van der Waals surface area contributed by atoms with Gasteiger partial charge in [0.1, 0.15) is 5.82 Å².